The van der Waals surface area contributed by atoms with Crippen LogP contribution in [0.25, 0.3) is 0 Å². The molecule has 1 aliphatic rings. The maximum absolute atomic E-state index is 11.9. The maximum Gasteiger partial charge on any atom is 0.234 e. The van der Waals surface area contributed by atoms with E-state index in [2.05, 4.69) is 47.2 Å². The molecule has 2 nitrogen and oxygen atoms in total. The third-order valence-electron chi connectivity index (χ3n) is 3.99. The Morgan fingerprint density at radius 2 is 2.06 bits per heavy atom. The van der Waals surface area contributed by atoms with Crippen molar-refractivity contribution in [2.45, 2.75) is 44.4 Å². The Morgan fingerprint density at radius 3 is 2.67 bits per heavy atom. The highest BCUT2D eigenvalue weighted by Crippen LogP contribution is 2.41. The summed E-state index contributed by atoms with van der Waals surface area (Å²) >= 11 is 3.77. The van der Waals surface area contributed by atoms with Crippen LogP contribution in [0.4, 0.5) is 5.69 Å². The van der Waals surface area contributed by atoms with Crippen molar-refractivity contribution in [3.63, 3.8) is 0 Å². The largest absolute Gasteiger partial charge is 0.325 e. The second-order valence-corrected chi connectivity index (χ2v) is 6.66. The highest BCUT2D eigenvalue weighted by atomic mass is 79.9. The van der Waals surface area contributed by atoms with Gasteiger partial charge in [0.2, 0.25) is 5.91 Å². The number of hydrogen-bond acceptors (Lipinski definition) is 1. The summed E-state index contributed by atoms with van der Waals surface area (Å²) < 4.78 is 0. The molecule has 1 aromatic carbocycles. The monoisotopic (exact) mass is 309 g/mol. The van der Waals surface area contributed by atoms with Crippen LogP contribution < -0.4 is 5.32 Å². The number of hydrogen-bond donors (Lipinski definition) is 1. The van der Waals surface area contributed by atoms with Gasteiger partial charge in [-0.15, -0.1) is 0 Å². The molecule has 0 saturated heterocycles. The van der Waals surface area contributed by atoms with Crippen LogP contribution in [0.3, 0.4) is 0 Å². The van der Waals surface area contributed by atoms with E-state index in [0.717, 1.165) is 17.7 Å². The minimum Gasteiger partial charge on any atom is -0.325 e. The summed E-state index contributed by atoms with van der Waals surface area (Å²) in [6.45, 7) is 8.39. The number of halogens is 1. The first-order valence-electron chi connectivity index (χ1n) is 6.48. The molecule has 2 unspecified atom stereocenters. The van der Waals surface area contributed by atoms with Gasteiger partial charge in [0.25, 0.3) is 0 Å². The van der Waals surface area contributed by atoms with E-state index in [1.54, 1.807) is 0 Å². The van der Waals surface area contributed by atoms with Gasteiger partial charge in [0.1, 0.15) is 0 Å². The zero-order valence-electron chi connectivity index (χ0n) is 11.4. The van der Waals surface area contributed by atoms with Crippen molar-refractivity contribution >= 4 is 27.5 Å². The molecule has 0 aliphatic carbocycles. The van der Waals surface area contributed by atoms with Gasteiger partial charge in [-0.3, -0.25) is 4.79 Å². The number of carbonyl (C=O) groups is 1. The Kier molecular flexibility index (Phi) is 3.54. The van der Waals surface area contributed by atoms with Crippen molar-refractivity contribution in [1.82, 2.24) is 0 Å². The van der Waals surface area contributed by atoms with E-state index in [0.29, 0.717) is 10.7 Å². The average Bonchev–Trinajstić information content (AvgIpc) is 2.58. The first-order valence-corrected chi connectivity index (χ1v) is 7.39. The lowest BCUT2D eigenvalue weighted by atomic mass is 9.84. The predicted molar refractivity (Wildman–Crippen MR) is 79.2 cm³/mol. The van der Waals surface area contributed by atoms with Crippen LogP contribution in [0.5, 0.6) is 0 Å². The molecule has 98 valence electrons. The van der Waals surface area contributed by atoms with E-state index in [9.17, 15) is 4.79 Å². The summed E-state index contributed by atoms with van der Waals surface area (Å²) in [5.74, 6) is 0.667. The zero-order valence-corrected chi connectivity index (χ0v) is 13.0. The summed E-state index contributed by atoms with van der Waals surface area (Å²) in [5, 5.41) is 2.94. The van der Waals surface area contributed by atoms with Gasteiger partial charge in [-0.1, -0.05) is 48.3 Å². The lowest BCUT2D eigenvalue weighted by molar-refractivity contribution is -0.119. The molecular formula is C15H20BrNO. The van der Waals surface area contributed by atoms with Crippen LogP contribution in [0.2, 0.25) is 0 Å². The Labute approximate surface area is 117 Å². The number of benzene rings is 1. The molecule has 1 N–H and O–H groups in total. The highest BCUT2D eigenvalue weighted by molar-refractivity contribution is 9.09. The molecule has 0 aromatic heterocycles. The Balaban J connectivity index is 2.40. The zero-order chi connectivity index (χ0) is 13.5. The summed E-state index contributed by atoms with van der Waals surface area (Å²) in [6, 6.07) is 6.29. The van der Waals surface area contributed by atoms with Crippen molar-refractivity contribution in [3.8, 4) is 0 Å². The number of rotatable bonds is 3. The standard InChI is InChI=1S/C15H20BrNO/c1-5-9(2)13(16)10-6-7-12-11(8-10)15(3,4)14(18)17-12/h6-9,13H,5H2,1-4H3,(H,17,18). The minimum absolute atomic E-state index is 0.0873. The van der Waals surface area contributed by atoms with Crippen molar-refractivity contribution in [3.05, 3.63) is 29.3 Å². The number of fused-ring (bicyclic) bond motifs is 1. The van der Waals surface area contributed by atoms with Crippen molar-refractivity contribution in [1.29, 1.82) is 0 Å². The smallest absolute Gasteiger partial charge is 0.234 e. The van der Waals surface area contributed by atoms with E-state index in [-0.39, 0.29) is 5.91 Å². The van der Waals surface area contributed by atoms with Gasteiger partial charge in [0.15, 0.2) is 0 Å². The summed E-state index contributed by atoms with van der Waals surface area (Å²) in [5.41, 5.74) is 2.90. The van der Waals surface area contributed by atoms with Crippen LogP contribution in [-0.2, 0) is 10.2 Å². The number of amides is 1. The van der Waals surface area contributed by atoms with Gasteiger partial charge >= 0.3 is 0 Å². The quantitative estimate of drug-likeness (QED) is 0.824. The van der Waals surface area contributed by atoms with Gasteiger partial charge in [-0.05, 0) is 37.0 Å². The van der Waals surface area contributed by atoms with Gasteiger partial charge in [0, 0.05) is 10.5 Å². The fourth-order valence-electron chi connectivity index (χ4n) is 2.30. The van der Waals surface area contributed by atoms with Crippen molar-refractivity contribution < 1.29 is 4.79 Å². The predicted octanol–water partition coefficient (Wildman–Crippen LogP) is 4.40. The maximum atomic E-state index is 11.9. The molecule has 1 aliphatic heterocycles. The summed E-state index contributed by atoms with van der Waals surface area (Å²) in [6.07, 6.45) is 1.13. The SMILES string of the molecule is CCC(C)C(Br)c1ccc2c(c1)C(C)(C)C(=O)N2. The molecule has 0 saturated carbocycles. The minimum atomic E-state index is -0.423. The summed E-state index contributed by atoms with van der Waals surface area (Å²) in [4.78, 5) is 12.2. The Morgan fingerprint density at radius 1 is 1.39 bits per heavy atom. The molecule has 0 radical (unpaired) electrons. The number of nitrogens with one attached hydrogen (secondary N) is 1. The Hall–Kier alpha value is -0.830. The molecule has 0 spiro atoms. The second-order valence-electron chi connectivity index (χ2n) is 5.67. The van der Waals surface area contributed by atoms with Crippen molar-refractivity contribution in [2.24, 2.45) is 5.92 Å². The van der Waals surface area contributed by atoms with Crippen molar-refractivity contribution in [2.75, 3.05) is 5.32 Å². The topological polar surface area (TPSA) is 29.1 Å². The molecule has 1 amide bonds. The van der Waals surface area contributed by atoms with Crippen LogP contribution in [0.1, 0.15) is 50.1 Å². The average molecular weight is 310 g/mol. The van der Waals surface area contributed by atoms with E-state index in [1.165, 1.54) is 5.56 Å². The van der Waals surface area contributed by atoms with E-state index < -0.39 is 5.41 Å². The fraction of sp³-hybridized carbons (Fsp3) is 0.533. The fourth-order valence-corrected chi connectivity index (χ4v) is 2.95. The lowest BCUT2D eigenvalue weighted by Gasteiger charge is -2.20. The molecule has 0 fully saturated rings. The molecule has 2 rings (SSSR count). The van der Waals surface area contributed by atoms with Gasteiger partial charge in [-0.25, -0.2) is 0 Å². The van der Waals surface area contributed by atoms with Gasteiger partial charge < -0.3 is 5.32 Å². The van der Waals surface area contributed by atoms with E-state index in [4.69, 9.17) is 0 Å². The first-order chi connectivity index (χ1) is 8.37. The highest BCUT2D eigenvalue weighted by Gasteiger charge is 2.38. The molecule has 2 atom stereocenters. The number of anilines is 1. The lowest BCUT2D eigenvalue weighted by Crippen LogP contribution is -2.26. The number of alkyl halides is 1. The van der Waals surface area contributed by atoms with Gasteiger partial charge in [-0.2, -0.15) is 0 Å². The second kappa shape index (κ2) is 4.69. The molecule has 18 heavy (non-hydrogen) atoms. The molecule has 0 bridgehead atoms. The number of carbonyl (C=O) groups excluding carboxylic acids is 1. The van der Waals surface area contributed by atoms with Crippen LogP contribution >= 0.6 is 15.9 Å². The molecule has 1 heterocycles. The molecule has 3 heteroatoms. The molecular weight excluding hydrogens is 290 g/mol. The van der Waals surface area contributed by atoms with Crippen LogP contribution in [-0.4, -0.2) is 5.91 Å². The normalized spacial score (nSPS) is 20.2. The first kappa shape index (κ1) is 13.6. The van der Waals surface area contributed by atoms with E-state index >= 15 is 0 Å². The third kappa shape index (κ3) is 2.09. The van der Waals surface area contributed by atoms with E-state index in [1.807, 2.05) is 19.9 Å². The van der Waals surface area contributed by atoms with Crippen LogP contribution in [0, 0.1) is 5.92 Å². The summed E-state index contributed by atoms with van der Waals surface area (Å²) in [7, 11) is 0. The Bertz CT molecular complexity index is 481. The van der Waals surface area contributed by atoms with Gasteiger partial charge in [0.05, 0.1) is 5.41 Å². The molecule has 1 aromatic rings. The van der Waals surface area contributed by atoms with Crippen LogP contribution in [0.15, 0.2) is 18.2 Å². The third-order valence-corrected chi connectivity index (χ3v) is 5.43.